The van der Waals surface area contributed by atoms with Crippen molar-refractivity contribution in [1.29, 1.82) is 0 Å². The molecule has 174 valence electrons. The number of alkyl halides is 3. The van der Waals surface area contributed by atoms with Gasteiger partial charge in [-0.25, -0.2) is 4.98 Å². The van der Waals surface area contributed by atoms with E-state index in [9.17, 15) is 13.2 Å². The van der Waals surface area contributed by atoms with E-state index in [4.69, 9.17) is 9.15 Å². The molecule has 0 radical (unpaired) electrons. The Morgan fingerprint density at radius 3 is 2.72 bits per heavy atom. The summed E-state index contributed by atoms with van der Waals surface area (Å²) in [5.74, 6) is 2.35. The van der Waals surface area contributed by atoms with Crippen molar-refractivity contribution in [2.45, 2.75) is 31.1 Å². The fourth-order valence-electron chi connectivity index (χ4n) is 3.75. The summed E-state index contributed by atoms with van der Waals surface area (Å²) in [4.78, 5) is 8.46. The summed E-state index contributed by atoms with van der Waals surface area (Å²) in [6, 6.07) is 5.27. The number of benzene rings is 1. The number of thioether (sulfide) groups is 1. The number of rotatable bonds is 7. The highest BCUT2D eigenvalue weighted by atomic mass is 32.2. The predicted octanol–water partition coefficient (Wildman–Crippen LogP) is 3.68. The number of amidine groups is 1. The molecular formula is C21H26F3N5O2S. The van der Waals surface area contributed by atoms with Gasteiger partial charge in [0.25, 0.3) is 0 Å². The highest BCUT2D eigenvalue weighted by molar-refractivity contribution is 7.99. The zero-order valence-corrected chi connectivity index (χ0v) is 18.7. The summed E-state index contributed by atoms with van der Waals surface area (Å²) in [6.07, 6.45) is -2.13. The van der Waals surface area contributed by atoms with Crippen LogP contribution in [-0.2, 0) is 10.9 Å². The molecule has 2 atom stereocenters. The van der Waals surface area contributed by atoms with Crippen LogP contribution in [0.3, 0.4) is 0 Å². The van der Waals surface area contributed by atoms with Gasteiger partial charge in [0.05, 0.1) is 24.0 Å². The number of aromatic nitrogens is 1. The molecule has 0 saturated carbocycles. The molecule has 0 bridgehead atoms. The van der Waals surface area contributed by atoms with E-state index < -0.39 is 11.7 Å². The minimum absolute atomic E-state index is 0.0269. The van der Waals surface area contributed by atoms with Crippen molar-refractivity contribution in [3.63, 3.8) is 0 Å². The van der Waals surface area contributed by atoms with Gasteiger partial charge >= 0.3 is 6.18 Å². The summed E-state index contributed by atoms with van der Waals surface area (Å²) in [7, 11) is 1.97. The molecule has 1 N–H and O–H groups in total. The van der Waals surface area contributed by atoms with E-state index in [-0.39, 0.29) is 11.6 Å². The molecule has 2 aliphatic rings. The third-order valence-corrected chi connectivity index (χ3v) is 6.83. The van der Waals surface area contributed by atoms with Crippen LogP contribution in [0.15, 0.2) is 40.2 Å². The summed E-state index contributed by atoms with van der Waals surface area (Å²) < 4.78 is 49.6. The number of hydrazone groups is 1. The van der Waals surface area contributed by atoms with Crippen LogP contribution in [0.4, 0.5) is 13.2 Å². The number of aryl methyl sites for hydroxylation is 1. The molecule has 2 aromatic rings. The normalized spacial score (nSPS) is 22.2. The van der Waals surface area contributed by atoms with E-state index in [1.54, 1.807) is 11.8 Å². The zero-order chi connectivity index (χ0) is 22.7. The van der Waals surface area contributed by atoms with Crippen molar-refractivity contribution in [3.05, 3.63) is 53.2 Å². The molecule has 2 aliphatic heterocycles. The van der Waals surface area contributed by atoms with Crippen LogP contribution in [0.5, 0.6) is 0 Å². The van der Waals surface area contributed by atoms with E-state index in [0.717, 1.165) is 54.5 Å². The van der Waals surface area contributed by atoms with E-state index in [1.165, 1.54) is 18.5 Å². The van der Waals surface area contributed by atoms with Crippen molar-refractivity contribution in [1.82, 2.24) is 20.2 Å². The topological polar surface area (TPSA) is 66.1 Å². The van der Waals surface area contributed by atoms with E-state index in [0.29, 0.717) is 18.9 Å². The van der Waals surface area contributed by atoms with Crippen LogP contribution in [0, 0.1) is 6.92 Å². The Morgan fingerprint density at radius 1 is 1.25 bits per heavy atom. The Labute approximate surface area is 189 Å². The third-order valence-electron chi connectivity index (χ3n) is 5.57. The lowest BCUT2D eigenvalue weighted by atomic mass is 10.1. The van der Waals surface area contributed by atoms with Crippen molar-refractivity contribution in [3.8, 4) is 0 Å². The fraction of sp³-hybridized carbons (Fsp3) is 0.524. The number of nitrogens with one attached hydrogen (secondary N) is 1. The molecular weight excluding hydrogens is 443 g/mol. The lowest BCUT2D eigenvalue weighted by Crippen LogP contribution is -2.39. The van der Waals surface area contributed by atoms with Crippen LogP contribution in [-0.4, -0.2) is 65.2 Å². The van der Waals surface area contributed by atoms with Gasteiger partial charge in [0.2, 0.25) is 0 Å². The minimum atomic E-state index is -4.32. The van der Waals surface area contributed by atoms with Crippen LogP contribution in [0.2, 0.25) is 0 Å². The number of morpholine rings is 1. The maximum atomic E-state index is 12.8. The van der Waals surface area contributed by atoms with E-state index in [2.05, 4.69) is 20.4 Å². The Morgan fingerprint density at radius 2 is 2.03 bits per heavy atom. The standard InChI is InChI=1S/C21H26F3N5O2S/c1-14-18(31-13-25-14)19-26-27-20(28(19)2)32-11-3-8-29-9-10-30-17(12-29)15-4-6-16(7-5-15)21(22,23)24/h4-7,13,17,20,27H,3,8-12H2,1-2H3/t17-,20?/m1/s1. The van der Waals surface area contributed by atoms with Crippen LogP contribution < -0.4 is 5.43 Å². The molecule has 1 saturated heterocycles. The Bertz CT molecular complexity index is 934. The highest BCUT2D eigenvalue weighted by Gasteiger charge is 2.31. The summed E-state index contributed by atoms with van der Waals surface area (Å²) in [6.45, 7) is 4.85. The van der Waals surface area contributed by atoms with Crippen LogP contribution in [0.25, 0.3) is 0 Å². The maximum Gasteiger partial charge on any atom is 0.416 e. The van der Waals surface area contributed by atoms with Gasteiger partial charge in [0.1, 0.15) is 0 Å². The molecule has 0 aliphatic carbocycles. The summed E-state index contributed by atoms with van der Waals surface area (Å²) in [5, 5.41) is 4.38. The van der Waals surface area contributed by atoms with Gasteiger partial charge in [-0.15, -0.1) is 11.8 Å². The van der Waals surface area contributed by atoms with Gasteiger partial charge in [-0.05, 0) is 43.3 Å². The van der Waals surface area contributed by atoms with Gasteiger partial charge in [0, 0.05) is 20.1 Å². The first kappa shape index (κ1) is 22.9. The van der Waals surface area contributed by atoms with Gasteiger partial charge in [-0.3, -0.25) is 10.3 Å². The molecule has 1 aromatic carbocycles. The number of ether oxygens (including phenoxy) is 1. The zero-order valence-electron chi connectivity index (χ0n) is 17.9. The SMILES string of the molecule is Cc1ncoc1C1=NNC(SCCCN2CCO[C@@H](c3ccc(C(F)(F)F)cc3)C2)N1C. The monoisotopic (exact) mass is 469 g/mol. The average molecular weight is 470 g/mol. The lowest BCUT2D eigenvalue weighted by Gasteiger charge is -2.33. The van der Waals surface area contributed by atoms with Crippen molar-refractivity contribution < 1.29 is 22.3 Å². The molecule has 1 fully saturated rings. The first-order chi connectivity index (χ1) is 15.3. The van der Waals surface area contributed by atoms with Gasteiger partial charge in [-0.1, -0.05) is 12.1 Å². The highest BCUT2D eigenvalue weighted by Crippen LogP contribution is 2.31. The summed E-state index contributed by atoms with van der Waals surface area (Å²) >= 11 is 1.76. The smallest absolute Gasteiger partial charge is 0.416 e. The molecule has 4 rings (SSSR count). The molecule has 32 heavy (non-hydrogen) atoms. The minimum Gasteiger partial charge on any atom is -0.440 e. The van der Waals surface area contributed by atoms with Crippen LogP contribution in [0.1, 0.15) is 35.1 Å². The first-order valence-corrected chi connectivity index (χ1v) is 11.5. The average Bonchev–Trinajstić information content (AvgIpc) is 3.36. The Kier molecular flexibility index (Phi) is 6.96. The quantitative estimate of drug-likeness (QED) is 0.621. The maximum absolute atomic E-state index is 12.8. The molecule has 3 heterocycles. The number of hydrogen-bond donors (Lipinski definition) is 1. The Balaban J connectivity index is 1.21. The van der Waals surface area contributed by atoms with Crippen LogP contribution >= 0.6 is 11.8 Å². The predicted molar refractivity (Wildman–Crippen MR) is 116 cm³/mol. The van der Waals surface area contributed by atoms with Crippen molar-refractivity contribution in [2.75, 3.05) is 39.0 Å². The fourth-order valence-corrected chi connectivity index (χ4v) is 4.72. The molecule has 7 nitrogen and oxygen atoms in total. The first-order valence-electron chi connectivity index (χ1n) is 10.4. The molecule has 0 spiro atoms. The largest absolute Gasteiger partial charge is 0.440 e. The van der Waals surface area contributed by atoms with Crippen molar-refractivity contribution >= 4 is 17.6 Å². The number of nitrogens with zero attached hydrogens (tertiary/aromatic N) is 4. The Hall–Kier alpha value is -2.24. The lowest BCUT2D eigenvalue weighted by molar-refractivity contribution is -0.137. The molecule has 1 aromatic heterocycles. The van der Waals surface area contributed by atoms with Gasteiger partial charge in [-0.2, -0.15) is 18.3 Å². The number of halogens is 3. The second kappa shape index (κ2) is 9.72. The summed E-state index contributed by atoms with van der Waals surface area (Å²) in [5.41, 5.74) is 4.10. The van der Waals surface area contributed by atoms with Crippen molar-refractivity contribution in [2.24, 2.45) is 5.10 Å². The second-order valence-electron chi connectivity index (χ2n) is 7.80. The molecule has 0 amide bonds. The molecule has 1 unspecified atom stereocenters. The second-order valence-corrected chi connectivity index (χ2v) is 8.99. The molecule has 11 heteroatoms. The number of hydrogen-bond acceptors (Lipinski definition) is 8. The number of oxazole rings is 1. The van der Waals surface area contributed by atoms with Gasteiger partial charge in [0.15, 0.2) is 23.5 Å². The third kappa shape index (κ3) is 5.21. The van der Waals surface area contributed by atoms with Gasteiger partial charge < -0.3 is 14.1 Å². The van der Waals surface area contributed by atoms with E-state index >= 15 is 0 Å². The van der Waals surface area contributed by atoms with E-state index in [1.807, 2.05) is 18.9 Å².